The Hall–Kier alpha value is -1.76. The van der Waals surface area contributed by atoms with Crippen molar-refractivity contribution in [3.63, 3.8) is 0 Å². The van der Waals surface area contributed by atoms with Crippen molar-refractivity contribution < 1.29 is 4.39 Å². The van der Waals surface area contributed by atoms with E-state index >= 15 is 0 Å². The van der Waals surface area contributed by atoms with Crippen LogP contribution >= 0.6 is 23.2 Å². The van der Waals surface area contributed by atoms with E-state index in [1.807, 2.05) is 19.1 Å². The van der Waals surface area contributed by atoms with Gasteiger partial charge in [-0.2, -0.15) is 5.26 Å². The molecule has 0 atom stereocenters. The van der Waals surface area contributed by atoms with E-state index in [9.17, 15) is 4.39 Å². The lowest BCUT2D eigenvalue weighted by Crippen LogP contribution is -2.03. The number of anilines is 1. The summed E-state index contributed by atoms with van der Waals surface area (Å²) in [5.74, 6) is -0.472. The van der Waals surface area contributed by atoms with Gasteiger partial charge in [0, 0.05) is 6.54 Å². The maximum atomic E-state index is 13.1. The molecule has 0 fully saturated rings. The van der Waals surface area contributed by atoms with Gasteiger partial charge in [0.2, 0.25) is 0 Å². The molecule has 5 heteroatoms. The van der Waals surface area contributed by atoms with E-state index in [2.05, 4.69) is 11.4 Å². The zero-order valence-electron chi connectivity index (χ0n) is 10.7. The Morgan fingerprint density at radius 3 is 2.40 bits per heavy atom. The Labute approximate surface area is 126 Å². The first-order chi connectivity index (χ1) is 9.51. The van der Waals surface area contributed by atoms with Gasteiger partial charge in [0.1, 0.15) is 5.82 Å². The molecular formula is C15H11Cl2FN2. The minimum absolute atomic E-state index is 0.237. The minimum Gasteiger partial charge on any atom is -0.379 e. The molecule has 0 spiro atoms. The van der Waals surface area contributed by atoms with Crippen LogP contribution in [0.2, 0.25) is 10.0 Å². The zero-order valence-corrected chi connectivity index (χ0v) is 12.2. The third kappa shape index (κ3) is 3.22. The van der Waals surface area contributed by atoms with Crippen molar-refractivity contribution in [2.45, 2.75) is 13.5 Å². The molecule has 0 unspecified atom stereocenters. The van der Waals surface area contributed by atoms with Gasteiger partial charge in [-0.25, -0.2) is 4.39 Å². The van der Waals surface area contributed by atoms with Gasteiger partial charge in [-0.1, -0.05) is 29.3 Å². The first kappa shape index (κ1) is 14.6. The number of hydrogen-bond donors (Lipinski definition) is 1. The number of aryl methyl sites for hydroxylation is 1. The third-order valence-electron chi connectivity index (χ3n) is 2.93. The molecule has 0 aliphatic heterocycles. The summed E-state index contributed by atoms with van der Waals surface area (Å²) < 4.78 is 13.1. The molecule has 0 aliphatic carbocycles. The van der Waals surface area contributed by atoms with Crippen molar-refractivity contribution in [3.05, 3.63) is 62.9 Å². The predicted molar refractivity (Wildman–Crippen MR) is 79.6 cm³/mol. The average molecular weight is 309 g/mol. The van der Waals surface area contributed by atoms with Crippen LogP contribution in [0.1, 0.15) is 16.7 Å². The molecule has 2 nitrogen and oxygen atoms in total. The Bertz CT molecular complexity index is 670. The van der Waals surface area contributed by atoms with Gasteiger partial charge >= 0.3 is 0 Å². The first-order valence-corrected chi connectivity index (χ1v) is 6.65. The molecule has 0 radical (unpaired) electrons. The van der Waals surface area contributed by atoms with Crippen molar-refractivity contribution in [3.8, 4) is 6.07 Å². The smallest absolute Gasteiger partial charge is 0.126 e. The number of hydrogen-bond acceptors (Lipinski definition) is 2. The molecule has 20 heavy (non-hydrogen) atoms. The fourth-order valence-corrected chi connectivity index (χ4v) is 2.45. The van der Waals surface area contributed by atoms with E-state index in [0.29, 0.717) is 17.8 Å². The Kier molecular flexibility index (Phi) is 4.49. The number of nitrogens with zero attached hydrogens (tertiary/aromatic N) is 1. The summed E-state index contributed by atoms with van der Waals surface area (Å²) in [5.41, 5.74) is 3.12. The molecule has 0 saturated carbocycles. The number of rotatable bonds is 3. The molecule has 0 bridgehead atoms. The van der Waals surface area contributed by atoms with Crippen molar-refractivity contribution in [1.29, 1.82) is 5.26 Å². The third-order valence-corrected chi connectivity index (χ3v) is 3.53. The van der Waals surface area contributed by atoms with Crippen molar-refractivity contribution in [2.24, 2.45) is 0 Å². The van der Waals surface area contributed by atoms with E-state index in [0.717, 1.165) is 11.1 Å². The average Bonchev–Trinajstić information content (AvgIpc) is 2.39. The van der Waals surface area contributed by atoms with Crippen LogP contribution in [0.25, 0.3) is 0 Å². The molecule has 1 N–H and O–H groups in total. The second-order valence-corrected chi connectivity index (χ2v) is 5.17. The van der Waals surface area contributed by atoms with Gasteiger partial charge in [-0.3, -0.25) is 0 Å². The van der Waals surface area contributed by atoms with Crippen molar-refractivity contribution in [2.75, 3.05) is 5.32 Å². The number of benzene rings is 2. The fourth-order valence-electron chi connectivity index (χ4n) is 1.86. The van der Waals surface area contributed by atoms with E-state index in [1.54, 1.807) is 6.07 Å². The highest BCUT2D eigenvalue weighted by Crippen LogP contribution is 2.31. The normalized spacial score (nSPS) is 10.2. The Balaban J connectivity index is 2.20. The molecular weight excluding hydrogens is 298 g/mol. The summed E-state index contributed by atoms with van der Waals surface area (Å²) in [6.45, 7) is 2.41. The lowest BCUT2D eigenvalue weighted by molar-refractivity contribution is 0.628. The molecule has 0 aliphatic rings. The fraction of sp³-hybridized carbons (Fsp3) is 0.133. The molecule has 0 amide bonds. The minimum atomic E-state index is -0.472. The standard InChI is InChI=1S/C15H11Cl2FN2/c1-9-4-10(7-19)2-3-11(9)8-20-15-13(16)5-12(18)6-14(15)17/h2-6,20H,8H2,1H3. The first-order valence-electron chi connectivity index (χ1n) is 5.89. The molecule has 2 aromatic rings. The maximum Gasteiger partial charge on any atom is 0.126 e. The number of nitriles is 1. The summed E-state index contributed by atoms with van der Waals surface area (Å²) >= 11 is 11.9. The van der Waals surface area contributed by atoms with Crippen LogP contribution in [-0.4, -0.2) is 0 Å². The van der Waals surface area contributed by atoms with Gasteiger partial charge in [0.05, 0.1) is 27.4 Å². The highest BCUT2D eigenvalue weighted by atomic mass is 35.5. The highest BCUT2D eigenvalue weighted by Gasteiger charge is 2.09. The van der Waals surface area contributed by atoms with Crippen LogP contribution in [0.4, 0.5) is 10.1 Å². The van der Waals surface area contributed by atoms with Crippen molar-refractivity contribution >= 4 is 28.9 Å². The summed E-state index contributed by atoms with van der Waals surface area (Å²) in [6, 6.07) is 9.93. The quantitative estimate of drug-likeness (QED) is 0.873. The topological polar surface area (TPSA) is 35.8 Å². The van der Waals surface area contributed by atoms with E-state index < -0.39 is 5.82 Å². The van der Waals surface area contributed by atoms with Gasteiger partial charge in [0.25, 0.3) is 0 Å². The summed E-state index contributed by atoms with van der Waals surface area (Å²) in [4.78, 5) is 0. The van der Waals surface area contributed by atoms with Crippen LogP contribution < -0.4 is 5.32 Å². The Morgan fingerprint density at radius 1 is 1.20 bits per heavy atom. The van der Waals surface area contributed by atoms with Gasteiger partial charge in [-0.15, -0.1) is 0 Å². The van der Waals surface area contributed by atoms with Crippen LogP contribution in [0.15, 0.2) is 30.3 Å². The molecule has 0 heterocycles. The summed E-state index contributed by atoms with van der Waals surface area (Å²) in [6.07, 6.45) is 0. The lowest BCUT2D eigenvalue weighted by Gasteiger charge is -2.12. The second kappa shape index (κ2) is 6.13. The number of halogens is 3. The largest absolute Gasteiger partial charge is 0.379 e. The Morgan fingerprint density at radius 2 is 1.85 bits per heavy atom. The second-order valence-electron chi connectivity index (χ2n) is 4.35. The zero-order chi connectivity index (χ0) is 14.7. The molecule has 0 saturated heterocycles. The van der Waals surface area contributed by atoms with E-state index in [4.69, 9.17) is 28.5 Å². The lowest BCUT2D eigenvalue weighted by atomic mass is 10.1. The predicted octanol–water partition coefficient (Wildman–Crippen LogP) is 4.92. The van der Waals surface area contributed by atoms with Crippen LogP contribution in [0, 0.1) is 24.1 Å². The highest BCUT2D eigenvalue weighted by molar-refractivity contribution is 6.39. The van der Waals surface area contributed by atoms with Gasteiger partial charge in [-0.05, 0) is 42.3 Å². The number of nitrogens with one attached hydrogen (secondary N) is 1. The van der Waals surface area contributed by atoms with Crippen LogP contribution in [0.3, 0.4) is 0 Å². The molecule has 2 aromatic carbocycles. The van der Waals surface area contributed by atoms with Gasteiger partial charge in [0.15, 0.2) is 0 Å². The summed E-state index contributed by atoms with van der Waals surface area (Å²) in [7, 11) is 0. The molecule has 102 valence electrons. The van der Waals surface area contributed by atoms with Crippen LogP contribution in [-0.2, 0) is 6.54 Å². The van der Waals surface area contributed by atoms with E-state index in [-0.39, 0.29) is 10.0 Å². The SMILES string of the molecule is Cc1cc(C#N)ccc1CNc1c(Cl)cc(F)cc1Cl. The molecule has 2 rings (SSSR count). The van der Waals surface area contributed by atoms with Crippen molar-refractivity contribution in [1.82, 2.24) is 0 Å². The summed E-state index contributed by atoms with van der Waals surface area (Å²) in [5, 5.41) is 12.4. The molecule has 0 aromatic heterocycles. The maximum absolute atomic E-state index is 13.1. The van der Waals surface area contributed by atoms with E-state index in [1.165, 1.54) is 12.1 Å². The van der Waals surface area contributed by atoms with Crippen LogP contribution in [0.5, 0.6) is 0 Å². The van der Waals surface area contributed by atoms with Gasteiger partial charge < -0.3 is 5.32 Å². The monoisotopic (exact) mass is 308 g/mol.